The lowest BCUT2D eigenvalue weighted by molar-refractivity contribution is 0.0583. The average Bonchev–Trinajstić information content (AvgIpc) is 3.47. The van der Waals surface area contributed by atoms with Gasteiger partial charge in [0.2, 0.25) is 5.88 Å². The molecule has 1 fully saturated rings. The van der Waals surface area contributed by atoms with Gasteiger partial charge in [-0.15, -0.1) is 0 Å². The van der Waals surface area contributed by atoms with E-state index in [4.69, 9.17) is 4.74 Å². The van der Waals surface area contributed by atoms with Crippen molar-refractivity contribution in [3.63, 3.8) is 0 Å². The normalized spacial score (nSPS) is 21.3. The van der Waals surface area contributed by atoms with E-state index in [-0.39, 0.29) is 17.8 Å². The van der Waals surface area contributed by atoms with Crippen LogP contribution in [0, 0.1) is 18.6 Å². The third-order valence-electron chi connectivity index (χ3n) is 6.43. The zero-order valence-electron chi connectivity index (χ0n) is 18.3. The van der Waals surface area contributed by atoms with E-state index in [1.54, 1.807) is 21.5 Å². The topological polar surface area (TPSA) is 92.7 Å². The molecule has 3 aromatic heterocycles. The smallest absolute Gasteiger partial charge is 0.346 e. The van der Waals surface area contributed by atoms with Gasteiger partial charge in [-0.3, -0.25) is 9.13 Å². The van der Waals surface area contributed by atoms with E-state index in [0.717, 1.165) is 11.8 Å². The van der Waals surface area contributed by atoms with Gasteiger partial charge in [0.25, 0.3) is 0 Å². The molecule has 1 atom stereocenters. The summed E-state index contributed by atoms with van der Waals surface area (Å²) in [5, 5.41) is 4.52. The van der Waals surface area contributed by atoms with E-state index < -0.39 is 17.7 Å². The molecule has 1 aromatic carbocycles. The van der Waals surface area contributed by atoms with Gasteiger partial charge < -0.3 is 4.74 Å². The van der Waals surface area contributed by atoms with Gasteiger partial charge in [0, 0.05) is 37.6 Å². The van der Waals surface area contributed by atoms with Gasteiger partial charge in [-0.05, 0) is 31.0 Å². The average molecular weight is 465 g/mol. The maximum Gasteiger partial charge on any atom is 0.346 e. The third kappa shape index (κ3) is 3.57. The molecule has 1 aliphatic heterocycles. The number of imidazole rings is 1. The molecule has 34 heavy (non-hydrogen) atoms. The molecule has 11 heteroatoms. The fourth-order valence-corrected chi connectivity index (χ4v) is 4.72. The Labute approximate surface area is 192 Å². The predicted molar refractivity (Wildman–Crippen MR) is 116 cm³/mol. The summed E-state index contributed by atoms with van der Waals surface area (Å²) in [6.45, 7) is 1.90. The summed E-state index contributed by atoms with van der Waals surface area (Å²) in [5.41, 5.74) is 1.07. The second-order valence-corrected chi connectivity index (χ2v) is 8.77. The van der Waals surface area contributed by atoms with E-state index in [0.29, 0.717) is 48.8 Å². The molecule has 9 nitrogen and oxygen atoms in total. The molecule has 4 heterocycles. The number of halogens is 2. The largest absolute Gasteiger partial charge is 0.474 e. The van der Waals surface area contributed by atoms with E-state index in [2.05, 4.69) is 20.1 Å². The van der Waals surface area contributed by atoms with Crippen molar-refractivity contribution in [2.24, 2.45) is 0 Å². The maximum absolute atomic E-state index is 13.7. The van der Waals surface area contributed by atoms with Crippen LogP contribution < -0.4 is 10.4 Å². The molecule has 0 bridgehead atoms. The third-order valence-corrected chi connectivity index (χ3v) is 6.43. The number of benzene rings is 1. The van der Waals surface area contributed by atoms with Crippen LogP contribution in [-0.4, -0.2) is 40.0 Å². The van der Waals surface area contributed by atoms with Crippen LogP contribution in [0.4, 0.5) is 8.78 Å². The zero-order chi connectivity index (χ0) is 23.4. The maximum atomic E-state index is 13.7. The van der Waals surface area contributed by atoms with Gasteiger partial charge >= 0.3 is 5.69 Å². The molecular formula is C23H21F2N7O2. The van der Waals surface area contributed by atoms with E-state index in [1.165, 1.54) is 23.1 Å². The lowest BCUT2D eigenvalue weighted by atomic mass is 9.89. The van der Waals surface area contributed by atoms with Crippen molar-refractivity contribution in [1.29, 1.82) is 0 Å². The van der Waals surface area contributed by atoms with Crippen LogP contribution in [0.15, 0.2) is 47.9 Å². The fraction of sp³-hybridized carbons (Fsp3) is 0.348. The fourth-order valence-electron chi connectivity index (χ4n) is 4.72. The van der Waals surface area contributed by atoms with Crippen molar-refractivity contribution in [3.8, 4) is 11.7 Å². The quantitative estimate of drug-likeness (QED) is 0.450. The van der Waals surface area contributed by atoms with Crippen molar-refractivity contribution in [2.45, 2.75) is 50.8 Å². The first kappa shape index (κ1) is 20.7. The highest BCUT2D eigenvalue weighted by Crippen LogP contribution is 2.36. The SMILES string of the molecule is Cc1cn(-c2cc(O[C@H]3C[C@H](n4nc5n(c4=O)[C@H](c4cc(F)cc(F)c4)CC5)C3)ncn2)cn1. The molecule has 1 aliphatic carbocycles. The first-order chi connectivity index (χ1) is 16.4. The minimum atomic E-state index is -0.654. The van der Waals surface area contributed by atoms with Crippen molar-refractivity contribution in [3.05, 3.63) is 82.3 Å². The lowest BCUT2D eigenvalue weighted by Crippen LogP contribution is -2.41. The Kier molecular flexibility index (Phi) is 4.78. The van der Waals surface area contributed by atoms with Crippen LogP contribution >= 0.6 is 0 Å². The minimum absolute atomic E-state index is 0.0990. The summed E-state index contributed by atoms with van der Waals surface area (Å²) in [4.78, 5) is 25.8. The molecular weight excluding hydrogens is 444 g/mol. The van der Waals surface area contributed by atoms with Crippen LogP contribution in [0.5, 0.6) is 5.88 Å². The summed E-state index contributed by atoms with van der Waals surface area (Å²) >= 11 is 0. The highest BCUT2D eigenvalue weighted by atomic mass is 19.1. The number of aromatic nitrogens is 7. The second-order valence-electron chi connectivity index (χ2n) is 8.77. The Morgan fingerprint density at radius 2 is 1.85 bits per heavy atom. The monoisotopic (exact) mass is 465 g/mol. The lowest BCUT2D eigenvalue weighted by Gasteiger charge is -2.34. The van der Waals surface area contributed by atoms with Crippen molar-refractivity contribution in [1.82, 2.24) is 33.9 Å². The van der Waals surface area contributed by atoms with Crippen molar-refractivity contribution < 1.29 is 13.5 Å². The second kappa shape index (κ2) is 7.86. The Bertz CT molecular complexity index is 1420. The molecule has 0 amide bonds. The molecule has 1 saturated carbocycles. The number of ether oxygens (including phenoxy) is 1. The van der Waals surface area contributed by atoms with E-state index in [9.17, 15) is 13.6 Å². The Morgan fingerprint density at radius 1 is 1.06 bits per heavy atom. The highest BCUT2D eigenvalue weighted by Gasteiger charge is 2.38. The van der Waals surface area contributed by atoms with Crippen molar-refractivity contribution in [2.75, 3.05) is 0 Å². The summed E-state index contributed by atoms with van der Waals surface area (Å²) in [7, 11) is 0. The first-order valence-electron chi connectivity index (χ1n) is 11.1. The van der Waals surface area contributed by atoms with Crippen LogP contribution in [0.3, 0.4) is 0 Å². The number of aryl methyl sites for hydroxylation is 2. The predicted octanol–water partition coefficient (Wildman–Crippen LogP) is 2.93. The summed E-state index contributed by atoms with van der Waals surface area (Å²) in [6, 6.07) is 4.62. The van der Waals surface area contributed by atoms with Gasteiger partial charge in [-0.25, -0.2) is 33.2 Å². The number of hydrogen-bond acceptors (Lipinski definition) is 6. The van der Waals surface area contributed by atoms with Gasteiger partial charge in [0.15, 0.2) is 0 Å². The molecule has 174 valence electrons. The van der Waals surface area contributed by atoms with E-state index in [1.807, 2.05) is 13.1 Å². The number of nitrogens with zero attached hydrogens (tertiary/aromatic N) is 7. The van der Waals surface area contributed by atoms with Crippen LogP contribution in [0.1, 0.15) is 48.4 Å². The Morgan fingerprint density at radius 3 is 2.59 bits per heavy atom. The highest BCUT2D eigenvalue weighted by molar-refractivity contribution is 5.28. The molecule has 6 rings (SSSR count). The Balaban J connectivity index is 1.16. The van der Waals surface area contributed by atoms with Crippen LogP contribution in [0.2, 0.25) is 0 Å². The summed E-state index contributed by atoms with van der Waals surface area (Å²) in [6.07, 6.45) is 7.26. The number of fused-ring (bicyclic) bond motifs is 1. The van der Waals surface area contributed by atoms with Crippen LogP contribution in [0.25, 0.3) is 5.82 Å². The molecule has 0 saturated heterocycles. The standard InChI is InChI=1S/C23H21F2N7O2/c1-13-10-30(12-28-13)21-9-22(27-11-26-21)34-18-7-17(8-18)32-23(33)31-19(2-3-20(31)29-32)14-4-15(24)6-16(25)5-14/h4-6,9-12,17-19H,2-3,7-8H2,1H3/t17-,18-,19-/m0/s1. The Hall–Kier alpha value is -3.89. The van der Waals surface area contributed by atoms with Gasteiger partial charge in [-0.1, -0.05) is 0 Å². The first-order valence-corrected chi connectivity index (χ1v) is 11.1. The van der Waals surface area contributed by atoms with Gasteiger partial charge in [0.05, 0.1) is 17.8 Å². The number of rotatable bonds is 5. The van der Waals surface area contributed by atoms with Crippen molar-refractivity contribution >= 4 is 0 Å². The van der Waals surface area contributed by atoms with Gasteiger partial charge in [-0.2, -0.15) is 5.10 Å². The molecule has 0 radical (unpaired) electrons. The minimum Gasteiger partial charge on any atom is -0.474 e. The number of hydrogen-bond donors (Lipinski definition) is 0. The summed E-state index contributed by atoms with van der Waals surface area (Å²) < 4.78 is 38.3. The van der Waals surface area contributed by atoms with Crippen LogP contribution in [-0.2, 0) is 6.42 Å². The zero-order valence-corrected chi connectivity index (χ0v) is 18.3. The molecule has 0 N–H and O–H groups in total. The molecule has 0 spiro atoms. The van der Waals surface area contributed by atoms with E-state index >= 15 is 0 Å². The van der Waals surface area contributed by atoms with Gasteiger partial charge in [0.1, 0.15) is 42.0 Å². The molecule has 4 aromatic rings. The summed E-state index contributed by atoms with van der Waals surface area (Å²) in [5.74, 6) is 0.439. The molecule has 2 aliphatic rings. The molecule has 0 unspecified atom stereocenters.